The average molecular weight is 466 g/mol. The molecule has 0 bridgehead atoms. The Balaban J connectivity index is 1.63. The zero-order valence-corrected chi connectivity index (χ0v) is 19.5. The van der Waals surface area contributed by atoms with Gasteiger partial charge < -0.3 is 19.3 Å². The number of pyridine rings is 2. The molecule has 178 valence electrons. The number of carbonyl (C=O) groups is 3. The van der Waals surface area contributed by atoms with Gasteiger partial charge in [-0.25, -0.2) is 9.78 Å². The van der Waals surface area contributed by atoms with Crippen molar-refractivity contribution in [2.24, 2.45) is 4.99 Å². The van der Waals surface area contributed by atoms with Crippen molar-refractivity contribution in [1.29, 1.82) is 0 Å². The van der Waals surface area contributed by atoms with Gasteiger partial charge in [0, 0.05) is 55.9 Å². The number of fused-ring (bicyclic) bond motifs is 1. The van der Waals surface area contributed by atoms with Gasteiger partial charge in [-0.1, -0.05) is 0 Å². The third-order valence-corrected chi connectivity index (χ3v) is 5.85. The molecule has 34 heavy (non-hydrogen) atoms. The lowest BCUT2D eigenvalue weighted by molar-refractivity contribution is -0.134. The normalized spacial score (nSPS) is 16.2. The van der Waals surface area contributed by atoms with Gasteiger partial charge in [0.15, 0.2) is 11.6 Å². The van der Waals surface area contributed by atoms with Crippen LogP contribution in [0.15, 0.2) is 47.2 Å². The number of esters is 1. The van der Waals surface area contributed by atoms with E-state index in [-0.39, 0.29) is 17.4 Å². The van der Waals surface area contributed by atoms with E-state index >= 15 is 0 Å². The van der Waals surface area contributed by atoms with Crippen LogP contribution in [0.25, 0.3) is 0 Å². The number of aromatic nitrogens is 2. The van der Waals surface area contributed by atoms with Gasteiger partial charge in [0.1, 0.15) is 12.1 Å². The predicted molar refractivity (Wildman–Crippen MR) is 124 cm³/mol. The van der Waals surface area contributed by atoms with Crippen LogP contribution in [-0.2, 0) is 9.53 Å². The molecule has 10 heteroatoms. The molecule has 0 radical (unpaired) electrons. The molecule has 2 aliphatic heterocycles. The van der Waals surface area contributed by atoms with Gasteiger partial charge in [0.2, 0.25) is 0 Å². The smallest absolute Gasteiger partial charge is 0.330 e. The summed E-state index contributed by atoms with van der Waals surface area (Å²) in [5, 5.41) is 0. The Hall–Kier alpha value is -3.95. The minimum Gasteiger partial charge on any atom is -0.488 e. The molecule has 10 nitrogen and oxygen atoms in total. The number of anilines is 2. The van der Waals surface area contributed by atoms with Crippen molar-refractivity contribution >= 4 is 29.3 Å². The molecule has 2 aromatic rings. The van der Waals surface area contributed by atoms with Crippen molar-refractivity contribution < 1.29 is 23.9 Å². The number of hydrogen-bond acceptors (Lipinski definition) is 8. The summed E-state index contributed by atoms with van der Waals surface area (Å²) in [6, 6.07) is 5.29. The van der Waals surface area contributed by atoms with Crippen molar-refractivity contribution in [1.82, 2.24) is 14.5 Å². The lowest BCUT2D eigenvalue weighted by Crippen LogP contribution is -2.33. The van der Waals surface area contributed by atoms with Crippen LogP contribution in [0.5, 0.6) is 5.75 Å². The Morgan fingerprint density at radius 3 is 2.65 bits per heavy atom. The third-order valence-electron chi connectivity index (χ3n) is 5.85. The van der Waals surface area contributed by atoms with Gasteiger partial charge >= 0.3 is 5.97 Å². The first-order chi connectivity index (χ1) is 16.4. The lowest BCUT2D eigenvalue weighted by atomic mass is 10.2. The molecule has 4 rings (SSSR count). The molecule has 1 saturated heterocycles. The molecule has 0 aliphatic carbocycles. The Morgan fingerprint density at radius 2 is 1.94 bits per heavy atom. The molecule has 2 aromatic heterocycles. The SMILES string of the molecule is C/N=c1/cc(N2CCOc3cc(C(=O)N4CCCC4)cnc32)ccn1C(=O)/C(C)=C/C(=O)OC. The van der Waals surface area contributed by atoms with E-state index in [0.29, 0.717) is 35.8 Å². The molecule has 1 fully saturated rings. The summed E-state index contributed by atoms with van der Waals surface area (Å²) in [4.78, 5) is 49.6. The highest BCUT2D eigenvalue weighted by molar-refractivity contribution is 6.00. The van der Waals surface area contributed by atoms with Crippen molar-refractivity contribution in [2.75, 3.05) is 45.3 Å². The van der Waals surface area contributed by atoms with E-state index < -0.39 is 5.97 Å². The fourth-order valence-electron chi connectivity index (χ4n) is 4.05. The molecular weight excluding hydrogens is 438 g/mol. The van der Waals surface area contributed by atoms with Crippen LogP contribution >= 0.6 is 0 Å². The number of nitrogens with zero attached hydrogens (tertiary/aromatic N) is 5. The summed E-state index contributed by atoms with van der Waals surface area (Å²) in [5.41, 5.74) is 1.92. The second-order valence-electron chi connectivity index (χ2n) is 8.04. The zero-order valence-electron chi connectivity index (χ0n) is 19.5. The third kappa shape index (κ3) is 4.57. The van der Waals surface area contributed by atoms with E-state index in [1.54, 1.807) is 44.6 Å². The minimum atomic E-state index is -0.600. The van der Waals surface area contributed by atoms with Gasteiger partial charge in [-0.2, -0.15) is 0 Å². The van der Waals surface area contributed by atoms with Crippen LogP contribution in [0.2, 0.25) is 0 Å². The van der Waals surface area contributed by atoms with Crippen LogP contribution in [0.3, 0.4) is 0 Å². The molecule has 2 aliphatic rings. The Bertz CT molecular complexity index is 1230. The van der Waals surface area contributed by atoms with E-state index in [9.17, 15) is 14.4 Å². The molecule has 0 unspecified atom stereocenters. The Kier molecular flexibility index (Phi) is 6.76. The van der Waals surface area contributed by atoms with Crippen molar-refractivity contribution in [3.05, 3.63) is 53.3 Å². The zero-order chi connectivity index (χ0) is 24.2. The summed E-state index contributed by atoms with van der Waals surface area (Å²) in [6.45, 7) is 4.04. The first-order valence-corrected chi connectivity index (χ1v) is 11.1. The van der Waals surface area contributed by atoms with Crippen LogP contribution in [0.4, 0.5) is 11.5 Å². The van der Waals surface area contributed by atoms with Gasteiger partial charge in [-0.3, -0.25) is 19.1 Å². The highest BCUT2D eigenvalue weighted by Crippen LogP contribution is 2.35. The monoisotopic (exact) mass is 465 g/mol. The van der Waals surface area contributed by atoms with Gasteiger partial charge in [-0.15, -0.1) is 0 Å². The quantitative estimate of drug-likeness (QED) is 0.502. The molecule has 0 N–H and O–H groups in total. The molecular formula is C24H27N5O5. The van der Waals surface area contributed by atoms with E-state index in [1.165, 1.54) is 11.7 Å². The molecule has 0 aromatic carbocycles. The fourth-order valence-corrected chi connectivity index (χ4v) is 4.05. The maximum atomic E-state index is 12.8. The van der Waals surface area contributed by atoms with E-state index in [2.05, 4.69) is 14.7 Å². The second kappa shape index (κ2) is 9.90. The van der Waals surface area contributed by atoms with Crippen LogP contribution in [0.1, 0.15) is 34.9 Å². The van der Waals surface area contributed by atoms with Crippen LogP contribution < -0.4 is 15.1 Å². The second-order valence-corrected chi connectivity index (χ2v) is 8.04. The maximum Gasteiger partial charge on any atom is 0.330 e. The molecule has 4 heterocycles. The lowest BCUT2D eigenvalue weighted by Gasteiger charge is -2.30. The number of amides is 1. The first-order valence-electron chi connectivity index (χ1n) is 11.1. The number of rotatable bonds is 4. The molecule has 0 saturated carbocycles. The van der Waals surface area contributed by atoms with Gasteiger partial charge in [0.25, 0.3) is 11.8 Å². The van der Waals surface area contributed by atoms with Crippen LogP contribution in [-0.4, -0.2) is 72.6 Å². The van der Waals surface area contributed by atoms with Crippen molar-refractivity contribution in [3.8, 4) is 5.75 Å². The maximum absolute atomic E-state index is 12.8. The highest BCUT2D eigenvalue weighted by Gasteiger charge is 2.26. The first kappa shape index (κ1) is 23.2. The summed E-state index contributed by atoms with van der Waals surface area (Å²) in [7, 11) is 2.84. The number of ether oxygens (including phenoxy) is 2. The summed E-state index contributed by atoms with van der Waals surface area (Å²) in [6.07, 6.45) is 6.38. The van der Waals surface area contributed by atoms with E-state index in [0.717, 1.165) is 37.7 Å². The number of methoxy groups -OCH3 is 1. The molecule has 0 spiro atoms. The van der Waals surface area contributed by atoms with Gasteiger partial charge in [-0.05, 0) is 31.9 Å². The van der Waals surface area contributed by atoms with E-state index in [4.69, 9.17) is 4.74 Å². The number of hydrogen-bond donors (Lipinski definition) is 0. The number of allylic oxidation sites excluding steroid dienone is 1. The summed E-state index contributed by atoms with van der Waals surface area (Å²) >= 11 is 0. The summed E-state index contributed by atoms with van der Waals surface area (Å²) in [5.74, 6) is 0.114. The topological polar surface area (TPSA) is 106 Å². The highest BCUT2D eigenvalue weighted by atomic mass is 16.5. The Labute approximate surface area is 197 Å². The number of carbonyl (C=O) groups excluding carboxylic acids is 3. The largest absolute Gasteiger partial charge is 0.488 e. The minimum absolute atomic E-state index is 0.0322. The fraction of sp³-hybridized carbons (Fsp3) is 0.375. The average Bonchev–Trinajstić information content (AvgIpc) is 3.41. The van der Waals surface area contributed by atoms with Crippen molar-refractivity contribution in [2.45, 2.75) is 19.8 Å². The molecule has 0 atom stereocenters. The van der Waals surface area contributed by atoms with Crippen LogP contribution in [0, 0.1) is 0 Å². The Morgan fingerprint density at radius 1 is 1.18 bits per heavy atom. The number of likely N-dealkylation sites (tertiary alicyclic amines) is 1. The molecule has 1 amide bonds. The summed E-state index contributed by atoms with van der Waals surface area (Å²) < 4.78 is 11.8. The van der Waals surface area contributed by atoms with Crippen molar-refractivity contribution in [3.63, 3.8) is 0 Å². The standard InChI is InChI=1S/C24H27N5O5/c1-16(12-21(30)33-3)23(31)29-9-6-18(14-20(29)25-2)28-10-11-34-19-13-17(15-26-22(19)28)24(32)27-7-4-5-8-27/h6,9,12-15H,4-5,7-8,10-11H2,1-3H3/b16-12+,25-20-. The van der Waals surface area contributed by atoms with E-state index in [1.807, 2.05) is 9.80 Å². The predicted octanol–water partition coefficient (Wildman–Crippen LogP) is 1.94. The van der Waals surface area contributed by atoms with Gasteiger partial charge in [0.05, 0.1) is 19.2 Å².